The maximum absolute atomic E-state index is 12.1. The quantitative estimate of drug-likeness (QED) is 0.724. The van der Waals surface area contributed by atoms with Crippen molar-refractivity contribution >= 4 is 5.69 Å². The molecule has 1 N–H and O–H groups in total. The van der Waals surface area contributed by atoms with Crippen molar-refractivity contribution in [3.05, 3.63) is 66.7 Å². The molecule has 1 aromatic heterocycles. The van der Waals surface area contributed by atoms with Gasteiger partial charge in [0.2, 0.25) is 0 Å². The van der Waals surface area contributed by atoms with Gasteiger partial charge in [-0.15, -0.1) is 13.2 Å². The molecule has 0 aliphatic heterocycles. The van der Waals surface area contributed by atoms with Gasteiger partial charge in [-0.05, 0) is 48.5 Å². The van der Waals surface area contributed by atoms with Gasteiger partial charge in [0.05, 0.1) is 12.2 Å². The molecule has 0 aliphatic rings. The number of nitrogens with one attached hydrogen (secondary N) is 1. The molecular formula is C18H13F3N4O. The van der Waals surface area contributed by atoms with Crippen molar-refractivity contribution in [1.29, 1.82) is 0 Å². The molecule has 5 nitrogen and oxygen atoms in total. The molecule has 0 unspecified atom stereocenters. The Bertz CT molecular complexity index is 893. The molecule has 0 bridgehead atoms. The molecule has 0 saturated heterocycles. The average molecular weight is 358 g/mol. The summed E-state index contributed by atoms with van der Waals surface area (Å²) in [6.07, 6.45) is -1.62. The molecule has 0 saturated carbocycles. The second-order valence-corrected chi connectivity index (χ2v) is 5.11. The number of alkyl halides is 3. The van der Waals surface area contributed by atoms with Gasteiger partial charge in [-0.3, -0.25) is 0 Å². The van der Waals surface area contributed by atoms with E-state index in [9.17, 15) is 13.2 Å². The van der Waals surface area contributed by atoms with Crippen LogP contribution in [0.4, 0.5) is 18.9 Å². The summed E-state index contributed by atoms with van der Waals surface area (Å²) in [5, 5.41) is 7.18. The fourth-order valence-corrected chi connectivity index (χ4v) is 2.11. The molecule has 1 heterocycles. The number of hydrogen-bond donors (Lipinski definition) is 1. The van der Waals surface area contributed by atoms with Crippen LogP contribution in [0.25, 0.3) is 5.69 Å². The van der Waals surface area contributed by atoms with E-state index in [1.807, 2.05) is 24.3 Å². The van der Waals surface area contributed by atoms with Crippen LogP contribution in [0.2, 0.25) is 0 Å². The molecule has 0 fully saturated rings. The van der Waals surface area contributed by atoms with Crippen LogP contribution in [0.5, 0.6) is 5.75 Å². The number of halogens is 3. The molecule has 0 radical (unpaired) electrons. The summed E-state index contributed by atoms with van der Waals surface area (Å²) in [5.41, 5.74) is 2.38. The number of aromatic nitrogens is 3. The highest BCUT2D eigenvalue weighted by Crippen LogP contribution is 2.22. The number of hydrogen-bond acceptors (Lipinski definition) is 4. The van der Waals surface area contributed by atoms with Crippen molar-refractivity contribution in [2.24, 2.45) is 0 Å². The Labute approximate surface area is 147 Å². The van der Waals surface area contributed by atoms with E-state index >= 15 is 0 Å². The van der Waals surface area contributed by atoms with Gasteiger partial charge in [-0.25, -0.2) is 9.67 Å². The largest absolute Gasteiger partial charge is 0.573 e. The van der Waals surface area contributed by atoms with Crippen molar-refractivity contribution < 1.29 is 17.9 Å². The van der Waals surface area contributed by atoms with Crippen molar-refractivity contribution in [1.82, 2.24) is 14.8 Å². The first-order valence-electron chi connectivity index (χ1n) is 7.53. The molecule has 0 spiro atoms. The average Bonchev–Trinajstić information content (AvgIpc) is 3.14. The first-order valence-corrected chi connectivity index (χ1v) is 7.53. The Morgan fingerprint density at radius 2 is 1.77 bits per heavy atom. The summed E-state index contributed by atoms with van der Waals surface area (Å²) in [5.74, 6) is 5.51. The third-order valence-corrected chi connectivity index (χ3v) is 3.25. The third-order valence-electron chi connectivity index (χ3n) is 3.25. The highest BCUT2D eigenvalue weighted by atomic mass is 19.4. The minimum Gasteiger partial charge on any atom is -0.406 e. The fourth-order valence-electron chi connectivity index (χ4n) is 2.11. The van der Waals surface area contributed by atoms with Crippen LogP contribution in [0.1, 0.15) is 5.56 Å². The molecule has 0 atom stereocenters. The van der Waals surface area contributed by atoms with Gasteiger partial charge in [0.15, 0.2) is 0 Å². The molecule has 132 valence electrons. The summed E-state index contributed by atoms with van der Waals surface area (Å²) < 4.78 is 41.7. The number of benzene rings is 2. The zero-order chi connectivity index (χ0) is 18.4. The molecule has 2 aromatic carbocycles. The number of rotatable bonds is 4. The van der Waals surface area contributed by atoms with E-state index in [0.29, 0.717) is 12.1 Å². The normalized spacial score (nSPS) is 10.7. The summed E-state index contributed by atoms with van der Waals surface area (Å²) in [6, 6.07) is 13.0. The third kappa shape index (κ3) is 5.01. The number of anilines is 1. The Balaban J connectivity index is 1.52. The van der Waals surface area contributed by atoms with Crippen molar-refractivity contribution in [3.63, 3.8) is 0 Å². The summed E-state index contributed by atoms with van der Waals surface area (Å²) in [7, 11) is 0. The predicted molar refractivity (Wildman–Crippen MR) is 89.9 cm³/mol. The Hall–Kier alpha value is -3.47. The smallest absolute Gasteiger partial charge is 0.406 e. The van der Waals surface area contributed by atoms with Crippen LogP contribution in [-0.2, 0) is 0 Å². The molecule has 0 amide bonds. The SMILES string of the molecule is FC(F)(F)Oc1ccc(C#CCNc2ccc(-n3cncn3)cc2)cc1. The van der Waals surface area contributed by atoms with E-state index in [-0.39, 0.29) is 5.75 Å². The van der Waals surface area contributed by atoms with Gasteiger partial charge in [0.1, 0.15) is 18.4 Å². The van der Waals surface area contributed by atoms with Gasteiger partial charge >= 0.3 is 6.36 Å². The molecule has 26 heavy (non-hydrogen) atoms. The van der Waals surface area contributed by atoms with E-state index in [2.05, 4.69) is 32.0 Å². The molecule has 3 aromatic rings. The lowest BCUT2D eigenvalue weighted by Gasteiger charge is -2.08. The van der Waals surface area contributed by atoms with E-state index in [1.54, 1.807) is 11.0 Å². The standard InChI is InChI=1S/C18H13F3N4O/c19-18(20,21)26-17-9-3-14(4-10-17)2-1-11-23-15-5-7-16(8-6-15)25-13-22-12-24-25/h3-10,12-13,23H,11H2. The second-order valence-electron chi connectivity index (χ2n) is 5.11. The topological polar surface area (TPSA) is 52.0 Å². The zero-order valence-corrected chi connectivity index (χ0v) is 13.4. The Kier molecular flexibility index (Phi) is 5.08. The first-order chi connectivity index (χ1) is 12.5. The molecule has 8 heteroatoms. The van der Waals surface area contributed by atoms with Gasteiger partial charge in [0.25, 0.3) is 0 Å². The van der Waals surface area contributed by atoms with E-state index in [0.717, 1.165) is 11.4 Å². The molecule has 3 rings (SSSR count). The van der Waals surface area contributed by atoms with E-state index in [1.165, 1.54) is 30.6 Å². The van der Waals surface area contributed by atoms with Gasteiger partial charge in [-0.2, -0.15) is 5.10 Å². The van der Waals surface area contributed by atoms with Crippen LogP contribution in [0, 0.1) is 11.8 Å². The maximum atomic E-state index is 12.1. The number of nitrogens with zero attached hydrogens (tertiary/aromatic N) is 3. The lowest BCUT2D eigenvalue weighted by atomic mass is 10.2. The van der Waals surface area contributed by atoms with Crippen LogP contribution in [0.3, 0.4) is 0 Å². The van der Waals surface area contributed by atoms with Crippen molar-refractivity contribution in [2.45, 2.75) is 6.36 Å². The Morgan fingerprint density at radius 3 is 2.38 bits per heavy atom. The second kappa shape index (κ2) is 7.61. The lowest BCUT2D eigenvalue weighted by Crippen LogP contribution is -2.16. The molecular weight excluding hydrogens is 345 g/mol. The zero-order valence-electron chi connectivity index (χ0n) is 13.4. The number of ether oxygens (including phenoxy) is 1. The maximum Gasteiger partial charge on any atom is 0.573 e. The van der Waals surface area contributed by atoms with Crippen molar-refractivity contribution in [2.75, 3.05) is 11.9 Å². The minimum atomic E-state index is -4.69. The van der Waals surface area contributed by atoms with E-state index < -0.39 is 6.36 Å². The van der Waals surface area contributed by atoms with Gasteiger partial charge in [0, 0.05) is 11.3 Å². The van der Waals surface area contributed by atoms with Crippen LogP contribution in [-0.4, -0.2) is 27.7 Å². The monoisotopic (exact) mass is 358 g/mol. The predicted octanol–water partition coefficient (Wildman–Crippen LogP) is 3.63. The van der Waals surface area contributed by atoms with Crippen molar-refractivity contribution in [3.8, 4) is 23.3 Å². The van der Waals surface area contributed by atoms with Gasteiger partial charge in [-0.1, -0.05) is 11.8 Å². The van der Waals surface area contributed by atoms with Crippen LogP contribution in [0.15, 0.2) is 61.2 Å². The first kappa shape index (κ1) is 17.4. The fraction of sp³-hybridized carbons (Fsp3) is 0.111. The summed E-state index contributed by atoms with van der Waals surface area (Å²) in [6.45, 7) is 0.392. The summed E-state index contributed by atoms with van der Waals surface area (Å²) >= 11 is 0. The van der Waals surface area contributed by atoms with E-state index in [4.69, 9.17) is 0 Å². The highest BCUT2D eigenvalue weighted by Gasteiger charge is 2.30. The van der Waals surface area contributed by atoms with Crippen LogP contribution < -0.4 is 10.1 Å². The molecule has 0 aliphatic carbocycles. The summed E-state index contributed by atoms with van der Waals surface area (Å²) in [4.78, 5) is 3.89. The highest BCUT2D eigenvalue weighted by molar-refractivity contribution is 5.49. The van der Waals surface area contributed by atoms with Crippen LogP contribution >= 0.6 is 0 Å². The minimum absolute atomic E-state index is 0.270. The van der Waals surface area contributed by atoms with Gasteiger partial charge < -0.3 is 10.1 Å². The lowest BCUT2D eigenvalue weighted by molar-refractivity contribution is -0.274. The Morgan fingerprint density at radius 1 is 1.04 bits per heavy atom.